The largest absolute Gasteiger partial charge is 0.489 e. The summed E-state index contributed by atoms with van der Waals surface area (Å²) < 4.78 is 5.75. The first-order valence-corrected chi connectivity index (χ1v) is 9.35. The molecule has 2 rings (SSSR count). The van der Waals surface area contributed by atoms with E-state index < -0.39 is 0 Å². The minimum Gasteiger partial charge on any atom is -0.489 e. The fourth-order valence-electron chi connectivity index (χ4n) is 3.04. The summed E-state index contributed by atoms with van der Waals surface area (Å²) in [6.45, 7) is 7.36. The molecule has 138 valence electrons. The Balaban J connectivity index is 1.88. The molecule has 2 amide bonds. The van der Waals surface area contributed by atoms with Crippen molar-refractivity contribution >= 4 is 17.5 Å². The number of rotatable bonds is 7. The summed E-state index contributed by atoms with van der Waals surface area (Å²) in [6, 6.07) is 7.51. The number of likely N-dealkylation sites (tertiary alicyclic amines) is 1. The van der Waals surface area contributed by atoms with Gasteiger partial charge in [0.2, 0.25) is 11.8 Å². The number of carbonyl (C=O) groups excluding carboxylic acids is 2. The lowest BCUT2D eigenvalue weighted by Crippen LogP contribution is -2.41. The number of nitrogens with one attached hydrogen (secondary N) is 1. The highest BCUT2D eigenvalue weighted by Crippen LogP contribution is 2.27. The van der Waals surface area contributed by atoms with Gasteiger partial charge in [-0.15, -0.1) is 0 Å². The molecule has 1 aromatic rings. The molecule has 25 heavy (non-hydrogen) atoms. The van der Waals surface area contributed by atoms with Gasteiger partial charge in [0.1, 0.15) is 5.75 Å². The minimum absolute atomic E-state index is 0.0143. The van der Waals surface area contributed by atoms with E-state index in [0.29, 0.717) is 30.9 Å². The van der Waals surface area contributed by atoms with Crippen molar-refractivity contribution in [3.8, 4) is 5.75 Å². The van der Waals surface area contributed by atoms with E-state index in [1.165, 1.54) is 0 Å². The molecule has 0 atom stereocenters. The smallest absolute Gasteiger partial charge is 0.227 e. The van der Waals surface area contributed by atoms with Crippen molar-refractivity contribution in [1.82, 2.24) is 4.90 Å². The van der Waals surface area contributed by atoms with Crippen molar-refractivity contribution in [3.05, 3.63) is 24.3 Å². The summed E-state index contributed by atoms with van der Waals surface area (Å²) in [6.07, 6.45) is 4.07. The van der Waals surface area contributed by atoms with Crippen LogP contribution < -0.4 is 10.1 Å². The monoisotopic (exact) mass is 346 g/mol. The highest BCUT2D eigenvalue weighted by atomic mass is 16.5. The highest BCUT2D eigenvalue weighted by molar-refractivity contribution is 5.94. The van der Waals surface area contributed by atoms with E-state index >= 15 is 0 Å². The van der Waals surface area contributed by atoms with Crippen LogP contribution in [0.2, 0.25) is 0 Å². The standard InChI is InChI=1S/C20H30N2O3/c1-4-5-10-19(23)22-13-11-16(12-14-22)20(24)21-17-8-6-7-9-18(17)25-15(2)3/h6-9,15-16H,4-5,10-14H2,1-3H3,(H,21,24). The van der Waals surface area contributed by atoms with Crippen LogP contribution in [0.15, 0.2) is 24.3 Å². The number of anilines is 1. The van der Waals surface area contributed by atoms with Gasteiger partial charge in [-0.1, -0.05) is 25.5 Å². The zero-order chi connectivity index (χ0) is 18.2. The van der Waals surface area contributed by atoms with Crippen LogP contribution in [0.25, 0.3) is 0 Å². The van der Waals surface area contributed by atoms with E-state index in [2.05, 4.69) is 12.2 Å². The van der Waals surface area contributed by atoms with Gasteiger partial charge in [-0.3, -0.25) is 9.59 Å². The first kappa shape index (κ1) is 19.3. The first-order chi connectivity index (χ1) is 12.0. The second-order valence-corrected chi connectivity index (χ2v) is 6.91. The van der Waals surface area contributed by atoms with Crippen LogP contribution in [0.1, 0.15) is 52.9 Å². The van der Waals surface area contributed by atoms with E-state index in [4.69, 9.17) is 4.74 Å². The SMILES string of the molecule is CCCCC(=O)N1CCC(C(=O)Nc2ccccc2OC(C)C)CC1. The predicted octanol–water partition coefficient (Wildman–Crippen LogP) is 3.84. The summed E-state index contributed by atoms with van der Waals surface area (Å²) in [5.74, 6) is 0.872. The second kappa shape index (κ2) is 9.44. The number of benzene rings is 1. The number of piperidine rings is 1. The van der Waals surface area contributed by atoms with Gasteiger partial charge >= 0.3 is 0 Å². The molecule has 0 spiro atoms. The van der Waals surface area contributed by atoms with Gasteiger partial charge in [-0.05, 0) is 45.2 Å². The number of hydrogen-bond donors (Lipinski definition) is 1. The average molecular weight is 346 g/mol. The molecule has 0 unspecified atom stereocenters. The molecule has 0 bridgehead atoms. The Bertz CT molecular complexity index is 578. The van der Waals surface area contributed by atoms with Crippen molar-refractivity contribution in [2.24, 2.45) is 5.92 Å². The molecule has 1 heterocycles. The molecular weight excluding hydrogens is 316 g/mol. The van der Waals surface area contributed by atoms with Gasteiger partial charge in [-0.2, -0.15) is 0 Å². The molecule has 1 fully saturated rings. The topological polar surface area (TPSA) is 58.6 Å². The molecule has 5 nitrogen and oxygen atoms in total. The zero-order valence-electron chi connectivity index (χ0n) is 15.6. The molecule has 1 aromatic carbocycles. The Morgan fingerprint density at radius 1 is 1.24 bits per heavy atom. The Morgan fingerprint density at radius 2 is 1.92 bits per heavy atom. The third-order valence-corrected chi connectivity index (χ3v) is 4.47. The maximum absolute atomic E-state index is 12.6. The van der Waals surface area contributed by atoms with Crippen LogP contribution in [0, 0.1) is 5.92 Å². The second-order valence-electron chi connectivity index (χ2n) is 6.91. The van der Waals surface area contributed by atoms with E-state index in [-0.39, 0.29) is 23.8 Å². The maximum atomic E-state index is 12.6. The third-order valence-electron chi connectivity index (χ3n) is 4.47. The predicted molar refractivity (Wildman–Crippen MR) is 99.7 cm³/mol. The molecule has 0 radical (unpaired) electrons. The molecule has 0 saturated carbocycles. The molecule has 0 aliphatic carbocycles. The average Bonchev–Trinajstić information content (AvgIpc) is 2.61. The lowest BCUT2D eigenvalue weighted by Gasteiger charge is -2.31. The lowest BCUT2D eigenvalue weighted by molar-refractivity contribution is -0.134. The number of para-hydroxylation sites is 2. The molecule has 1 aliphatic heterocycles. The fourth-order valence-corrected chi connectivity index (χ4v) is 3.04. The Labute approximate surface area is 150 Å². The van der Waals surface area contributed by atoms with E-state index in [9.17, 15) is 9.59 Å². The Hall–Kier alpha value is -2.04. The summed E-state index contributed by atoms with van der Waals surface area (Å²) in [7, 11) is 0. The van der Waals surface area contributed by atoms with E-state index in [0.717, 1.165) is 25.7 Å². The Kier molecular flexibility index (Phi) is 7.29. The van der Waals surface area contributed by atoms with Crippen LogP contribution in [-0.4, -0.2) is 35.9 Å². The lowest BCUT2D eigenvalue weighted by atomic mass is 9.95. The first-order valence-electron chi connectivity index (χ1n) is 9.35. The zero-order valence-corrected chi connectivity index (χ0v) is 15.6. The molecule has 1 aliphatic rings. The molecular formula is C20H30N2O3. The van der Waals surface area contributed by atoms with E-state index in [1.54, 1.807) is 0 Å². The number of unbranched alkanes of at least 4 members (excludes halogenated alkanes) is 1. The normalized spacial score (nSPS) is 15.3. The van der Waals surface area contributed by atoms with E-state index in [1.807, 2.05) is 43.0 Å². The van der Waals surface area contributed by atoms with Crippen LogP contribution in [0.3, 0.4) is 0 Å². The van der Waals surface area contributed by atoms with Crippen LogP contribution in [0.4, 0.5) is 5.69 Å². The summed E-state index contributed by atoms with van der Waals surface area (Å²) in [5, 5.41) is 3.00. The van der Waals surface area contributed by atoms with Crippen molar-refractivity contribution in [3.63, 3.8) is 0 Å². The molecule has 1 N–H and O–H groups in total. The summed E-state index contributed by atoms with van der Waals surface area (Å²) >= 11 is 0. The van der Waals surface area contributed by atoms with Crippen molar-refractivity contribution in [2.75, 3.05) is 18.4 Å². The quantitative estimate of drug-likeness (QED) is 0.816. The molecule has 0 aromatic heterocycles. The van der Waals surface area contributed by atoms with Gasteiger partial charge in [-0.25, -0.2) is 0 Å². The van der Waals surface area contributed by atoms with Crippen molar-refractivity contribution < 1.29 is 14.3 Å². The van der Waals surface area contributed by atoms with Gasteiger partial charge in [0, 0.05) is 25.4 Å². The number of hydrogen-bond acceptors (Lipinski definition) is 3. The number of ether oxygens (including phenoxy) is 1. The van der Waals surface area contributed by atoms with Crippen LogP contribution in [0.5, 0.6) is 5.75 Å². The number of nitrogens with zero attached hydrogens (tertiary/aromatic N) is 1. The number of carbonyl (C=O) groups is 2. The highest BCUT2D eigenvalue weighted by Gasteiger charge is 2.27. The van der Waals surface area contributed by atoms with Crippen LogP contribution >= 0.6 is 0 Å². The molecule has 5 heteroatoms. The third kappa shape index (κ3) is 5.76. The van der Waals surface area contributed by atoms with Gasteiger partial charge in [0.25, 0.3) is 0 Å². The molecule has 1 saturated heterocycles. The summed E-state index contributed by atoms with van der Waals surface area (Å²) in [5.41, 5.74) is 0.711. The maximum Gasteiger partial charge on any atom is 0.227 e. The van der Waals surface area contributed by atoms with Gasteiger partial charge in [0.05, 0.1) is 11.8 Å². The minimum atomic E-state index is -0.0534. The fraction of sp³-hybridized carbons (Fsp3) is 0.600. The van der Waals surface area contributed by atoms with Crippen LogP contribution in [-0.2, 0) is 9.59 Å². The van der Waals surface area contributed by atoms with Gasteiger partial charge < -0.3 is 15.0 Å². The van der Waals surface area contributed by atoms with Crippen molar-refractivity contribution in [2.45, 2.75) is 59.0 Å². The van der Waals surface area contributed by atoms with Crippen molar-refractivity contribution in [1.29, 1.82) is 0 Å². The number of amides is 2. The summed E-state index contributed by atoms with van der Waals surface area (Å²) in [4.78, 5) is 26.6. The van der Waals surface area contributed by atoms with Gasteiger partial charge in [0.15, 0.2) is 0 Å². The Morgan fingerprint density at radius 3 is 2.56 bits per heavy atom.